The van der Waals surface area contributed by atoms with Crippen molar-refractivity contribution in [2.45, 2.75) is 34.2 Å². The molecule has 0 saturated carbocycles. The van der Waals surface area contributed by atoms with Crippen LogP contribution in [0.1, 0.15) is 18.4 Å². The highest BCUT2D eigenvalue weighted by Gasteiger charge is 2.37. The molecule has 114 valence electrons. The van der Waals surface area contributed by atoms with Crippen molar-refractivity contribution in [2.24, 2.45) is 5.73 Å². The monoisotopic (exact) mass is 338 g/mol. The summed E-state index contributed by atoms with van der Waals surface area (Å²) in [6, 6.07) is 8.81. The second kappa shape index (κ2) is 6.49. The Balaban J connectivity index is 1.54. The van der Waals surface area contributed by atoms with Crippen molar-refractivity contribution < 1.29 is 0 Å². The third-order valence-electron chi connectivity index (χ3n) is 4.68. The summed E-state index contributed by atoms with van der Waals surface area (Å²) in [7, 11) is 0. The first-order valence-electron chi connectivity index (χ1n) is 7.45. The number of thiocarbonyl (C=S) groups is 1. The maximum Gasteiger partial charge on any atom is 0.0891 e. The Kier molecular flexibility index (Phi) is 4.84. The standard InChI is InChI=1S/C16H22N2S3/c1-20-16(15(17)19)6-8-18(9-7-16)11-13-10-12-4-2-3-5-14(12)21-13/h2-5,13H,6-11H2,1H3,(H2,17,19). The fourth-order valence-electron chi connectivity index (χ4n) is 3.29. The zero-order valence-electron chi connectivity index (χ0n) is 12.4. The average molecular weight is 339 g/mol. The van der Waals surface area contributed by atoms with E-state index in [9.17, 15) is 0 Å². The summed E-state index contributed by atoms with van der Waals surface area (Å²) < 4.78 is 0.0393. The Morgan fingerprint density at radius 1 is 1.43 bits per heavy atom. The highest BCUT2D eigenvalue weighted by atomic mass is 32.2. The first-order valence-corrected chi connectivity index (χ1v) is 9.96. The summed E-state index contributed by atoms with van der Waals surface area (Å²) in [4.78, 5) is 4.76. The number of piperidine rings is 1. The van der Waals surface area contributed by atoms with Gasteiger partial charge in [0.15, 0.2) is 0 Å². The summed E-state index contributed by atoms with van der Waals surface area (Å²) in [5, 5.41) is 0.703. The van der Waals surface area contributed by atoms with Gasteiger partial charge in [-0.15, -0.1) is 11.8 Å². The normalized spacial score (nSPS) is 24.7. The molecule has 1 unspecified atom stereocenters. The van der Waals surface area contributed by atoms with Gasteiger partial charge < -0.3 is 10.6 Å². The van der Waals surface area contributed by atoms with Crippen LogP contribution in [0.3, 0.4) is 0 Å². The molecule has 2 nitrogen and oxygen atoms in total. The molecule has 0 bridgehead atoms. The number of hydrogen-bond acceptors (Lipinski definition) is 4. The highest BCUT2D eigenvalue weighted by molar-refractivity contribution is 8.02. The summed E-state index contributed by atoms with van der Waals surface area (Å²) in [6.07, 6.45) is 5.53. The molecule has 0 amide bonds. The molecule has 1 atom stereocenters. The molecule has 0 aliphatic carbocycles. The quantitative estimate of drug-likeness (QED) is 0.852. The zero-order valence-corrected chi connectivity index (χ0v) is 14.8. The van der Waals surface area contributed by atoms with E-state index in [1.165, 1.54) is 23.4 Å². The zero-order chi connectivity index (χ0) is 14.9. The number of benzene rings is 1. The molecule has 1 fully saturated rings. The van der Waals surface area contributed by atoms with Crippen LogP contribution in [-0.2, 0) is 6.42 Å². The molecule has 1 aromatic rings. The maximum absolute atomic E-state index is 5.97. The van der Waals surface area contributed by atoms with Crippen LogP contribution in [0.5, 0.6) is 0 Å². The number of likely N-dealkylation sites (tertiary alicyclic amines) is 1. The van der Waals surface area contributed by atoms with E-state index < -0.39 is 0 Å². The van der Waals surface area contributed by atoms with Gasteiger partial charge in [-0.05, 0) is 50.2 Å². The molecular formula is C16H22N2S3. The Morgan fingerprint density at radius 2 is 2.14 bits per heavy atom. The van der Waals surface area contributed by atoms with E-state index in [0.29, 0.717) is 10.2 Å². The fraction of sp³-hybridized carbons (Fsp3) is 0.562. The van der Waals surface area contributed by atoms with Gasteiger partial charge in [-0.25, -0.2) is 0 Å². The summed E-state index contributed by atoms with van der Waals surface area (Å²) in [6.45, 7) is 3.41. The molecular weight excluding hydrogens is 316 g/mol. The SMILES string of the molecule is CSC1(C(N)=S)CCN(CC2Cc3ccccc3S2)CC1. The van der Waals surface area contributed by atoms with Gasteiger partial charge in [-0.1, -0.05) is 30.4 Å². The molecule has 3 rings (SSSR count). The van der Waals surface area contributed by atoms with Crippen molar-refractivity contribution in [1.82, 2.24) is 4.90 Å². The molecule has 2 aliphatic rings. The molecule has 0 radical (unpaired) electrons. The van der Waals surface area contributed by atoms with Gasteiger partial charge >= 0.3 is 0 Å². The third kappa shape index (κ3) is 3.26. The molecule has 2 aliphatic heterocycles. The van der Waals surface area contributed by atoms with Crippen LogP contribution >= 0.6 is 35.7 Å². The van der Waals surface area contributed by atoms with Crippen molar-refractivity contribution in [1.29, 1.82) is 0 Å². The molecule has 0 aromatic heterocycles. The summed E-state index contributed by atoms with van der Waals surface area (Å²) >= 11 is 9.17. The molecule has 5 heteroatoms. The number of rotatable bonds is 4. The first-order chi connectivity index (χ1) is 10.1. The van der Waals surface area contributed by atoms with Crippen LogP contribution < -0.4 is 5.73 Å². The predicted molar refractivity (Wildman–Crippen MR) is 98.5 cm³/mol. The van der Waals surface area contributed by atoms with Crippen LogP contribution in [0, 0.1) is 0 Å². The van der Waals surface area contributed by atoms with Gasteiger partial charge in [0.1, 0.15) is 0 Å². The fourth-order valence-corrected chi connectivity index (χ4v) is 5.91. The van der Waals surface area contributed by atoms with Gasteiger partial charge in [0.2, 0.25) is 0 Å². The largest absolute Gasteiger partial charge is 0.392 e. The minimum Gasteiger partial charge on any atom is -0.392 e. The van der Waals surface area contributed by atoms with E-state index in [1.54, 1.807) is 0 Å². The van der Waals surface area contributed by atoms with E-state index in [4.69, 9.17) is 18.0 Å². The Hall–Kier alpha value is -0.230. The smallest absolute Gasteiger partial charge is 0.0891 e. The average Bonchev–Trinajstić information content (AvgIpc) is 2.90. The molecule has 0 spiro atoms. The maximum atomic E-state index is 5.97. The third-order valence-corrected chi connectivity index (χ3v) is 7.91. The van der Waals surface area contributed by atoms with Gasteiger partial charge in [-0.3, -0.25) is 0 Å². The second-order valence-corrected chi connectivity index (χ2v) is 8.89. The van der Waals surface area contributed by atoms with Crippen molar-refractivity contribution in [2.75, 3.05) is 25.9 Å². The number of nitrogens with zero attached hydrogens (tertiary/aromatic N) is 1. The van der Waals surface area contributed by atoms with E-state index in [2.05, 4.69) is 35.4 Å². The van der Waals surface area contributed by atoms with E-state index in [-0.39, 0.29) is 4.75 Å². The Labute approximate surface area is 141 Å². The van der Waals surface area contributed by atoms with Crippen LogP contribution in [0.15, 0.2) is 29.2 Å². The number of hydrogen-bond donors (Lipinski definition) is 1. The Morgan fingerprint density at radius 3 is 2.76 bits per heavy atom. The van der Waals surface area contributed by atoms with Crippen molar-refractivity contribution in [3.05, 3.63) is 29.8 Å². The van der Waals surface area contributed by atoms with Crippen LogP contribution in [0.25, 0.3) is 0 Å². The topological polar surface area (TPSA) is 29.3 Å². The Bertz CT molecular complexity index is 499. The summed E-state index contributed by atoms with van der Waals surface area (Å²) in [5.74, 6) is 0. The van der Waals surface area contributed by atoms with Crippen LogP contribution in [-0.4, -0.2) is 45.8 Å². The van der Waals surface area contributed by atoms with Crippen molar-refractivity contribution in [3.63, 3.8) is 0 Å². The lowest BCUT2D eigenvalue weighted by Crippen LogP contribution is -2.50. The molecule has 1 aromatic carbocycles. The van der Waals surface area contributed by atoms with Gasteiger partial charge in [0, 0.05) is 16.7 Å². The van der Waals surface area contributed by atoms with Crippen LogP contribution in [0.2, 0.25) is 0 Å². The molecule has 2 heterocycles. The molecule has 21 heavy (non-hydrogen) atoms. The number of nitrogens with two attached hydrogens (primary N) is 1. The second-order valence-electron chi connectivity index (χ2n) is 5.91. The van der Waals surface area contributed by atoms with Crippen molar-refractivity contribution >= 4 is 40.7 Å². The lowest BCUT2D eigenvalue weighted by Gasteiger charge is -2.40. The van der Waals surface area contributed by atoms with Gasteiger partial charge in [0.05, 0.1) is 9.74 Å². The number of fused-ring (bicyclic) bond motifs is 1. The first kappa shape index (κ1) is 15.7. The molecule has 1 saturated heterocycles. The lowest BCUT2D eigenvalue weighted by atomic mass is 9.95. The summed E-state index contributed by atoms with van der Waals surface area (Å²) in [5.41, 5.74) is 7.49. The van der Waals surface area contributed by atoms with Gasteiger partial charge in [-0.2, -0.15) is 11.8 Å². The van der Waals surface area contributed by atoms with E-state index in [0.717, 1.165) is 25.9 Å². The predicted octanol–water partition coefficient (Wildman–Crippen LogP) is 3.19. The van der Waals surface area contributed by atoms with E-state index in [1.807, 2.05) is 23.5 Å². The van der Waals surface area contributed by atoms with Gasteiger partial charge in [0.25, 0.3) is 0 Å². The number of thioether (sulfide) groups is 2. The van der Waals surface area contributed by atoms with E-state index >= 15 is 0 Å². The van der Waals surface area contributed by atoms with Crippen molar-refractivity contribution in [3.8, 4) is 0 Å². The minimum atomic E-state index is 0.0393. The highest BCUT2D eigenvalue weighted by Crippen LogP contribution is 2.39. The minimum absolute atomic E-state index is 0.0393. The molecule has 2 N–H and O–H groups in total. The lowest BCUT2D eigenvalue weighted by molar-refractivity contribution is 0.221. The van der Waals surface area contributed by atoms with Crippen LogP contribution in [0.4, 0.5) is 0 Å².